The van der Waals surface area contributed by atoms with Crippen LogP contribution >= 0.6 is 11.3 Å². The van der Waals surface area contributed by atoms with Gasteiger partial charge in [-0.1, -0.05) is 67.6 Å². The Morgan fingerprint density at radius 2 is 1.74 bits per heavy atom. The molecule has 4 aromatic rings. The van der Waals surface area contributed by atoms with Crippen molar-refractivity contribution in [1.82, 2.24) is 25.3 Å². The number of hydrogen-bond acceptors (Lipinski definition) is 6. The number of urea groups is 1. The number of carbonyl (C=O) groups excluding carboxylic acids is 3. The van der Waals surface area contributed by atoms with E-state index >= 15 is 0 Å². The molecule has 5 rings (SSSR count). The van der Waals surface area contributed by atoms with Gasteiger partial charge < -0.3 is 5.32 Å². The second-order valence-corrected chi connectivity index (χ2v) is 9.13. The summed E-state index contributed by atoms with van der Waals surface area (Å²) in [7, 11) is 0. The number of thiophene rings is 1. The number of hydrogen-bond donors (Lipinski definition) is 2. The Hall–Kier alpha value is -4.31. The van der Waals surface area contributed by atoms with Crippen LogP contribution in [0.1, 0.15) is 18.9 Å². The molecule has 2 N–H and O–H groups in total. The number of aromatic nitrogens is 2. The lowest BCUT2D eigenvalue weighted by molar-refractivity contribution is -0.139. The van der Waals surface area contributed by atoms with E-state index in [1.807, 2.05) is 36.4 Å². The van der Waals surface area contributed by atoms with Gasteiger partial charge >= 0.3 is 6.03 Å². The van der Waals surface area contributed by atoms with Crippen LogP contribution in [0, 0.1) is 0 Å². The summed E-state index contributed by atoms with van der Waals surface area (Å²) < 4.78 is 1.15. The van der Waals surface area contributed by atoms with Crippen molar-refractivity contribution >= 4 is 39.4 Å². The molecule has 35 heavy (non-hydrogen) atoms. The highest BCUT2D eigenvalue weighted by Crippen LogP contribution is 2.32. The molecule has 0 aliphatic carbocycles. The number of nitrogens with zero attached hydrogens (tertiary/aromatic N) is 3. The third-order valence-electron chi connectivity index (χ3n) is 6.02. The van der Waals surface area contributed by atoms with Crippen molar-refractivity contribution in [3.8, 4) is 10.4 Å². The van der Waals surface area contributed by atoms with Gasteiger partial charge in [0.15, 0.2) is 0 Å². The minimum absolute atomic E-state index is 0.301. The second kappa shape index (κ2) is 8.80. The monoisotopic (exact) mass is 487 g/mol. The fourth-order valence-electron chi connectivity index (χ4n) is 4.17. The molecule has 3 heterocycles. The van der Waals surface area contributed by atoms with Crippen molar-refractivity contribution in [3.63, 3.8) is 0 Å². The van der Waals surface area contributed by atoms with Gasteiger partial charge in [-0.15, -0.1) is 11.3 Å². The zero-order valence-electron chi connectivity index (χ0n) is 18.7. The topological polar surface area (TPSA) is 113 Å². The van der Waals surface area contributed by atoms with Gasteiger partial charge in [0.1, 0.15) is 16.9 Å². The van der Waals surface area contributed by atoms with Crippen molar-refractivity contribution < 1.29 is 14.4 Å². The molecule has 0 radical (unpaired) electrons. The average Bonchev–Trinajstić information content (AvgIpc) is 3.43. The van der Waals surface area contributed by atoms with Gasteiger partial charge in [-0.25, -0.2) is 9.78 Å². The average molecular weight is 488 g/mol. The normalized spacial score (nSPS) is 17.6. The molecule has 4 amide bonds. The molecule has 1 atom stereocenters. The molecule has 1 aliphatic heterocycles. The van der Waals surface area contributed by atoms with Crippen LogP contribution in [0.5, 0.6) is 0 Å². The quantitative estimate of drug-likeness (QED) is 0.406. The van der Waals surface area contributed by atoms with E-state index in [9.17, 15) is 19.2 Å². The number of amides is 4. The standard InChI is InChI=1S/C25H21N5O4S/c1-2-25(17-11-7-4-8-12-17)23(33)30(24(34)27-25)28-20(31)14-29-15-26-21-18(22(29)32)13-19(35-21)16-9-5-3-6-10-16/h3-13,15H,2,14H2,1H3,(H,27,34)(H,28,31). The Balaban J connectivity index is 1.36. The first-order valence-electron chi connectivity index (χ1n) is 11.0. The molecule has 2 aromatic carbocycles. The highest BCUT2D eigenvalue weighted by molar-refractivity contribution is 7.21. The van der Waals surface area contributed by atoms with Crippen LogP contribution in [0.2, 0.25) is 0 Å². The van der Waals surface area contributed by atoms with Crippen LogP contribution in [0.25, 0.3) is 20.7 Å². The number of imide groups is 1. The van der Waals surface area contributed by atoms with Crippen LogP contribution in [0.3, 0.4) is 0 Å². The van der Waals surface area contributed by atoms with Crippen molar-refractivity contribution in [2.75, 3.05) is 0 Å². The number of hydrazine groups is 1. The summed E-state index contributed by atoms with van der Waals surface area (Å²) in [5.74, 6) is -1.29. The van der Waals surface area contributed by atoms with Gasteiger partial charge in [-0.05, 0) is 23.6 Å². The van der Waals surface area contributed by atoms with Crippen molar-refractivity contribution in [3.05, 3.63) is 89.0 Å². The Morgan fingerprint density at radius 1 is 1.06 bits per heavy atom. The van der Waals surface area contributed by atoms with E-state index < -0.39 is 29.9 Å². The van der Waals surface area contributed by atoms with Gasteiger partial charge in [-0.2, -0.15) is 5.01 Å². The molecule has 1 aliphatic rings. The Morgan fingerprint density at radius 3 is 2.43 bits per heavy atom. The lowest BCUT2D eigenvalue weighted by atomic mass is 9.87. The zero-order chi connectivity index (χ0) is 24.6. The van der Waals surface area contributed by atoms with Crippen LogP contribution in [0.4, 0.5) is 4.79 Å². The zero-order valence-corrected chi connectivity index (χ0v) is 19.5. The van der Waals surface area contributed by atoms with Crippen molar-refractivity contribution in [2.45, 2.75) is 25.4 Å². The predicted octanol–water partition coefficient (Wildman–Crippen LogP) is 3.01. The Kier molecular flexibility index (Phi) is 5.65. The van der Waals surface area contributed by atoms with Gasteiger partial charge in [0.05, 0.1) is 11.7 Å². The van der Waals surface area contributed by atoms with Gasteiger partial charge in [0.25, 0.3) is 17.4 Å². The fraction of sp³-hybridized carbons (Fsp3) is 0.160. The number of fused-ring (bicyclic) bond motifs is 1. The smallest absolute Gasteiger partial charge is 0.318 e. The minimum atomic E-state index is -1.27. The Bertz CT molecular complexity index is 1500. The molecule has 9 nitrogen and oxygen atoms in total. The molecule has 2 aromatic heterocycles. The number of nitrogens with one attached hydrogen (secondary N) is 2. The molecular weight excluding hydrogens is 466 g/mol. The molecule has 1 fully saturated rings. The van der Waals surface area contributed by atoms with Gasteiger partial charge in [0.2, 0.25) is 0 Å². The van der Waals surface area contributed by atoms with E-state index in [-0.39, 0.29) is 5.56 Å². The highest BCUT2D eigenvalue weighted by Gasteiger charge is 2.52. The third kappa shape index (κ3) is 3.87. The summed E-state index contributed by atoms with van der Waals surface area (Å²) in [5, 5.41) is 3.77. The van der Waals surface area contributed by atoms with E-state index in [1.165, 1.54) is 17.7 Å². The largest absolute Gasteiger partial charge is 0.344 e. The lowest BCUT2D eigenvalue weighted by Gasteiger charge is -2.25. The Labute approximate surface area is 204 Å². The molecule has 1 saturated heterocycles. The van der Waals surface area contributed by atoms with E-state index in [0.717, 1.165) is 15.0 Å². The maximum Gasteiger partial charge on any atom is 0.344 e. The SMILES string of the molecule is CCC1(c2ccccc2)NC(=O)N(NC(=O)Cn2cnc3sc(-c4ccccc4)cc3c2=O)C1=O. The summed E-state index contributed by atoms with van der Waals surface area (Å²) >= 11 is 1.39. The minimum Gasteiger partial charge on any atom is -0.318 e. The molecule has 0 bridgehead atoms. The summed E-state index contributed by atoms with van der Waals surface area (Å²) in [6.45, 7) is 1.38. The second-order valence-electron chi connectivity index (χ2n) is 8.10. The fourth-order valence-corrected chi connectivity index (χ4v) is 5.17. The van der Waals surface area contributed by atoms with Crippen LogP contribution in [-0.2, 0) is 21.7 Å². The predicted molar refractivity (Wildman–Crippen MR) is 131 cm³/mol. The summed E-state index contributed by atoms with van der Waals surface area (Å²) in [5.41, 5.74) is 2.28. The summed E-state index contributed by atoms with van der Waals surface area (Å²) in [4.78, 5) is 57.3. The number of benzene rings is 2. The van der Waals surface area contributed by atoms with E-state index in [1.54, 1.807) is 37.3 Å². The molecular formula is C25H21N5O4S. The molecule has 176 valence electrons. The first kappa shape index (κ1) is 22.5. The maximum atomic E-state index is 13.2. The third-order valence-corrected chi connectivity index (χ3v) is 7.11. The van der Waals surface area contributed by atoms with E-state index in [0.29, 0.717) is 27.2 Å². The molecule has 0 saturated carbocycles. The van der Waals surface area contributed by atoms with Crippen molar-refractivity contribution in [2.24, 2.45) is 0 Å². The van der Waals surface area contributed by atoms with Gasteiger partial charge in [-0.3, -0.25) is 24.4 Å². The molecule has 1 unspecified atom stereocenters. The summed E-state index contributed by atoms with van der Waals surface area (Å²) in [6.07, 6.45) is 1.59. The van der Waals surface area contributed by atoms with Crippen LogP contribution in [-0.4, -0.2) is 32.4 Å². The molecule has 10 heteroatoms. The van der Waals surface area contributed by atoms with Gasteiger partial charge in [0, 0.05) is 4.88 Å². The van der Waals surface area contributed by atoms with Crippen LogP contribution < -0.4 is 16.3 Å². The maximum absolute atomic E-state index is 13.2. The first-order chi connectivity index (χ1) is 16.9. The van der Waals surface area contributed by atoms with Crippen molar-refractivity contribution in [1.29, 1.82) is 0 Å². The van der Waals surface area contributed by atoms with E-state index in [2.05, 4.69) is 15.7 Å². The number of carbonyl (C=O) groups is 3. The number of rotatable bonds is 6. The lowest BCUT2D eigenvalue weighted by Crippen LogP contribution is -2.49. The van der Waals surface area contributed by atoms with Crippen LogP contribution in [0.15, 0.2) is 77.9 Å². The summed E-state index contributed by atoms with van der Waals surface area (Å²) in [6, 6.07) is 19.5. The molecule has 0 spiro atoms. The highest BCUT2D eigenvalue weighted by atomic mass is 32.1. The van der Waals surface area contributed by atoms with E-state index in [4.69, 9.17) is 0 Å². The first-order valence-corrected chi connectivity index (χ1v) is 11.8.